The molecular formula is C59H54N4OSi. The lowest BCUT2D eigenvalue weighted by molar-refractivity contribution is 0.477. The molecule has 65 heavy (non-hydrogen) atoms. The largest absolute Gasteiger partial charge is 0.507 e. The minimum absolute atomic E-state index is 0.192. The molecule has 0 atom stereocenters. The fourth-order valence-electron chi connectivity index (χ4n) is 9.35. The maximum absolute atomic E-state index is 11.5. The van der Waals surface area contributed by atoms with Crippen molar-refractivity contribution < 1.29 is 5.11 Å². The van der Waals surface area contributed by atoms with Crippen molar-refractivity contribution in [1.29, 1.82) is 0 Å². The highest BCUT2D eigenvalue weighted by Gasteiger charge is 2.27. The molecular weight excluding hydrogens is 809 g/mol. The fourth-order valence-corrected chi connectivity index (χ4v) is 10.5. The van der Waals surface area contributed by atoms with Crippen LogP contribution in [0.1, 0.15) is 50.7 Å². The second-order valence-corrected chi connectivity index (χ2v) is 23.9. The predicted molar refractivity (Wildman–Crippen MR) is 276 cm³/mol. The van der Waals surface area contributed by atoms with E-state index >= 15 is 0 Å². The van der Waals surface area contributed by atoms with Gasteiger partial charge in [0, 0.05) is 16.7 Å². The summed E-state index contributed by atoms with van der Waals surface area (Å²) in [5.74, 6) is 2.18. The quantitative estimate of drug-likeness (QED) is 0.139. The number of aromatic hydroxyl groups is 1. The molecule has 10 aromatic rings. The van der Waals surface area contributed by atoms with Crippen molar-refractivity contribution in [2.24, 2.45) is 0 Å². The lowest BCUT2D eigenvalue weighted by Crippen LogP contribution is -2.37. The lowest BCUT2D eigenvalue weighted by atomic mass is 9.88. The zero-order valence-corrected chi connectivity index (χ0v) is 39.2. The van der Waals surface area contributed by atoms with Gasteiger partial charge in [-0.3, -0.25) is 9.13 Å². The van der Waals surface area contributed by atoms with Gasteiger partial charge in [-0.15, -0.1) is 0 Å². The standard InChI is InChI=1S/C59H54N4OSi/c1-38(2)48-35-44(40-20-10-8-11-21-40)36-49(39(3)4)57(48)63-54-30-19-27-46(56(54)61-59(63)47-26-14-17-31-55(47)64)42-24-18-25-43(34-42)58-60-51-28-15-16-29-53(51)62(58)52-33-32-45(65(5,6)7)37-50(52)41-22-12-9-13-23-41/h8-39,64H,1-7H3. The van der Waals surface area contributed by atoms with Gasteiger partial charge in [0.2, 0.25) is 0 Å². The predicted octanol–water partition coefficient (Wildman–Crippen LogP) is 15.2. The number of aromatic nitrogens is 4. The Labute approximate surface area is 383 Å². The summed E-state index contributed by atoms with van der Waals surface area (Å²) in [5.41, 5.74) is 17.0. The summed E-state index contributed by atoms with van der Waals surface area (Å²) in [6.45, 7) is 16.3. The molecule has 0 spiro atoms. The molecule has 0 unspecified atom stereocenters. The molecule has 0 bridgehead atoms. The first-order valence-corrected chi connectivity index (χ1v) is 26.3. The van der Waals surface area contributed by atoms with Crippen LogP contribution in [0.5, 0.6) is 5.75 Å². The molecule has 10 rings (SSSR count). The summed E-state index contributed by atoms with van der Waals surface area (Å²) < 4.78 is 4.65. The Bertz CT molecular complexity index is 3340. The molecule has 320 valence electrons. The molecule has 0 aliphatic heterocycles. The van der Waals surface area contributed by atoms with Crippen LogP contribution >= 0.6 is 0 Å². The molecule has 0 amide bonds. The van der Waals surface area contributed by atoms with E-state index in [2.05, 4.69) is 214 Å². The maximum atomic E-state index is 11.5. The van der Waals surface area contributed by atoms with Crippen molar-refractivity contribution in [2.45, 2.75) is 59.2 Å². The van der Waals surface area contributed by atoms with E-state index in [1.807, 2.05) is 18.2 Å². The van der Waals surface area contributed by atoms with Crippen LogP contribution < -0.4 is 5.19 Å². The van der Waals surface area contributed by atoms with Gasteiger partial charge in [0.25, 0.3) is 0 Å². The van der Waals surface area contributed by atoms with Gasteiger partial charge in [-0.25, -0.2) is 9.97 Å². The smallest absolute Gasteiger partial charge is 0.149 e. The topological polar surface area (TPSA) is 55.9 Å². The average molecular weight is 863 g/mol. The van der Waals surface area contributed by atoms with Crippen LogP contribution in [-0.4, -0.2) is 32.3 Å². The summed E-state index contributed by atoms with van der Waals surface area (Å²) in [6, 6.07) is 64.4. The number of para-hydroxylation sites is 4. The molecule has 6 heteroatoms. The molecule has 0 saturated heterocycles. The Hall–Kier alpha value is -7.28. The maximum Gasteiger partial charge on any atom is 0.149 e. The van der Waals surface area contributed by atoms with Crippen molar-refractivity contribution >= 4 is 35.3 Å². The van der Waals surface area contributed by atoms with E-state index < -0.39 is 8.07 Å². The fraction of sp³-hybridized carbons (Fsp3) is 0.153. The van der Waals surface area contributed by atoms with Crippen LogP contribution in [0.4, 0.5) is 0 Å². The Kier molecular flexibility index (Phi) is 10.7. The number of phenols is 1. The van der Waals surface area contributed by atoms with Gasteiger partial charge in [-0.1, -0.05) is 180 Å². The van der Waals surface area contributed by atoms with E-state index in [0.717, 1.165) is 56.0 Å². The van der Waals surface area contributed by atoms with Crippen LogP contribution in [0.25, 0.3) is 89.6 Å². The van der Waals surface area contributed by atoms with Crippen molar-refractivity contribution in [3.63, 3.8) is 0 Å². The summed E-state index contributed by atoms with van der Waals surface area (Å²) in [7, 11) is -1.63. The summed E-state index contributed by atoms with van der Waals surface area (Å²) >= 11 is 0. The number of rotatable bonds is 10. The molecule has 0 fully saturated rings. The zero-order valence-electron chi connectivity index (χ0n) is 38.2. The summed E-state index contributed by atoms with van der Waals surface area (Å²) in [4.78, 5) is 10.9. The third kappa shape index (κ3) is 7.58. The van der Waals surface area contributed by atoms with E-state index in [1.165, 1.54) is 38.6 Å². The Balaban J connectivity index is 1.21. The van der Waals surface area contributed by atoms with Crippen LogP contribution in [0, 0.1) is 0 Å². The van der Waals surface area contributed by atoms with Crippen molar-refractivity contribution in [3.05, 3.63) is 193 Å². The van der Waals surface area contributed by atoms with Gasteiger partial charge in [0.15, 0.2) is 0 Å². The zero-order chi connectivity index (χ0) is 45.0. The number of hydrogen-bond donors (Lipinski definition) is 1. The lowest BCUT2D eigenvalue weighted by Gasteiger charge is -2.24. The molecule has 5 nitrogen and oxygen atoms in total. The monoisotopic (exact) mass is 862 g/mol. The van der Waals surface area contributed by atoms with Crippen molar-refractivity contribution in [1.82, 2.24) is 19.1 Å². The highest BCUT2D eigenvalue weighted by Crippen LogP contribution is 2.44. The Morgan fingerprint density at radius 3 is 1.72 bits per heavy atom. The molecule has 0 radical (unpaired) electrons. The first-order chi connectivity index (χ1) is 31.5. The van der Waals surface area contributed by atoms with E-state index in [1.54, 1.807) is 6.07 Å². The molecule has 0 aliphatic carbocycles. The van der Waals surface area contributed by atoms with E-state index in [-0.39, 0.29) is 17.6 Å². The molecule has 2 heterocycles. The van der Waals surface area contributed by atoms with Crippen molar-refractivity contribution in [2.75, 3.05) is 0 Å². The normalized spacial score (nSPS) is 12.0. The number of fused-ring (bicyclic) bond motifs is 2. The third-order valence-corrected chi connectivity index (χ3v) is 14.8. The second kappa shape index (κ2) is 16.7. The number of phenolic OH excluding ortho intramolecular Hbond substituents is 1. The van der Waals surface area contributed by atoms with Crippen LogP contribution in [0.3, 0.4) is 0 Å². The van der Waals surface area contributed by atoms with Gasteiger partial charge in [-0.05, 0) is 99.8 Å². The van der Waals surface area contributed by atoms with Crippen LogP contribution in [0.2, 0.25) is 19.6 Å². The molecule has 1 N–H and O–H groups in total. The van der Waals surface area contributed by atoms with Crippen LogP contribution in [-0.2, 0) is 0 Å². The van der Waals surface area contributed by atoms with Crippen LogP contribution in [0.15, 0.2) is 182 Å². The summed E-state index contributed by atoms with van der Waals surface area (Å²) in [6.07, 6.45) is 0. The second-order valence-electron chi connectivity index (χ2n) is 18.8. The minimum atomic E-state index is -1.63. The first kappa shape index (κ1) is 41.7. The van der Waals surface area contributed by atoms with Gasteiger partial charge in [0.1, 0.15) is 17.4 Å². The molecule has 2 aromatic heterocycles. The van der Waals surface area contributed by atoms with Gasteiger partial charge < -0.3 is 5.11 Å². The van der Waals surface area contributed by atoms with E-state index in [4.69, 9.17) is 9.97 Å². The molecule has 0 saturated carbocycles. The Morgan fingerprint density at radius 1 is 0.446 bits per heavy atom. The van der Waals surface area contributed by atoms with E-state index in [9.17, 15) is 5.11 Å². The molecule has 8 aromatic carbocycles. The Morgan fingerprint density at radius 2 is 1.03 bits per heavy atom. The number of nitrogens with zero attached hydrogens (tertiary/aromatic N) is 4. The number of benzene rings is 8. The van der Waals surface area contributed by atoms with Gasteiger partial charge >= 0.3 is 0 Å². The van der Waals surface area contributed by atoms with Gasteiger partial charge in [-0.2, -0.15) is 0 Å². The van der Waals surface area contributed by atoms with E-state index in [0.29, 0.717) is 11.4 Å². The minimum Gasteiger partial charge on any atom is -0.507 e. The van der Waals surface area contributed by atoms with Gasteiger partial charge in [0.05, 0.1) is 47.1 Å². The highest BCUT2D eigenvalue weighted by atomic mass is 28.3. The first-order valence-electron chi connectivity index (χ1n) is 22.8. The summed E-state index contributed by atoms with van der Waals surface area (Å²) in [5, 5.41) is 12.9. The number of imidazole rings is 2. The average Bonchev–Trinajstić information content (AvgIpc) is 3.90. The number of hydrogen-bond acceptors (Lipinski definition) is 3. The van der Waals surface area contributed by atoms with Crippen molar-refractivity contribution in [3.8, 4) is 73.3 Å². The highest BCUT2D eigenvalue weighted by molar-refractivity contribution is 6.88. The third-order valence-electron chi connectivity index (χ3n) is 12.8. The molecule has 0 aliphatic rings. The SMILES string of the molecule is CC(C)c1cc(-c2ccccc2)cc(C(C)C)c1-n1c(-c2ccccc2O)nc2c(-c3cccc(-c4nc5ccccc5n4-c4ccc([Si](C)(C)C)cc4-c4ccccc4)c3)cccc21.